The van der Waals surface area contributed by atoms with Crippen LogP contribution in [-0.4, -0.2) is 14.5 Å². The minimum absolute atomic E-state index is 0.00494. The van der Waals surface area contributed by atoms with Gasteiger partial charge in [0.2, 0.25) is 0 Å². The molecule has 0 amide bonds. The molecule has 0 radical (unpaired) electrons. The van der Waals surface area contributed by atoms with Crippen molar-refractivity contribution in [1.29, 1.82) is 0 Å². The molecule has 3 heterocycles. The Bertz CT molecular complexity index is 690. The maximum Gasteiger partial charge on any atom is 0.263 e. The molecule has 0 aromatic carbocycles. The Hall–Kier alpha value is -1.42. The van der Waals surface area contributed by atoms with E-state index in [0.29, 0.717) is 16.2 Å². The summed E-state index contributed by atoms with van der Waals surface area (Å²) < 4.78 is 1.77. The third-order valence-electron chi connectivity index (χ3n) is 3.51. The Labute approximate surface area is 110 Å². The average Bonchev–Trinajstić information content (AvgIpc) is 2.27. The number of aromatic nitrogens is 3. The zero-order chi connectivity index (χ0) is 12.9. The molecule has 0 atom stereocenters. The van der Waals surface area contributed by atoms with Crippen molar-refractivity contribution in [1.82, 2.24) is 14.5 Å². The van der Waals surface area contributed by atoms with Crippen LogP contribution in [-0.2, 0) is 13.0 Å². The van der Waals surface area contributed by atoms with Crippen LogP contribution in [0.25, 0.3) is 11.0 Å². The summed E-state index contributed by atoms with van der Waals surface area (Å²) >= 11 is 5.85. The molecule has 1 aliphatic rings. The molecule has 0 N–H and O–H groups in total. The van der Waals surface area contributed by atoms with Crippen LogP contribution in [0, 0.1) is 5.41 Å². The molecule has 0 saturated carbocycles. The van der Waals surface area contributed by atoms with Crippen LogP contribution in [0.1, 0.15) is 26.1 Å². The molecule has 0 aliphatic carbocycles. The number of hydrogen-bond donors (Lipinski definition) is 0. The van der Waals surface area contributed by atoms with Crippen molar-refractivity contribution in [2.24, 2.45) is 5.41 Å². The van der Waals surface area contributed by atoms with Gasteiger partial charge in [0, 0.05) is 13.0 Å². The Morgan fingerprint density at radius 3 is 2.89 bits per heavy atom. The molecule has 2 aromatic heterocycles. The third kappa shape index (κ3) is 1.81. The van der Waals surface area contributed by atoms with Gasteiger partial charge >= 0.3 is 0 Å². The van der Waals surface area contributed by atoms with E-state index in [0.717, 1.165) is 25.2 Å². The summed E-state index contributed by atoms with van der Waals surface area (Å²) in [5.74, 6) is 0.818. The summed E-state index contributed by atoms with van der Waals surface area (Å²) in [6.45, 7) is 5.11. The summed E-state index contributed by atoms with van der Waals surface area (Å²) in [5.41, 5.74) is 0.636. The van der Waals surface area contributed by atoms with Gasteiger partial charge in [-0.25, -0.2) is 9.97 Å². The Kier molecular flexibility index (Phi) is 2.45. The zero-order valence-electron chi connectivity index (χ0n) is 10.4. The van der Waals surface area contributed by atoms with E-state index in [4.69, 9.17) is 11.6 Å². The number of halogens is 1. The van der Waals surface area contributed by atoms with Crippen LogP contribution >= 0.6 is 11.6 Å². The molecule has 1 aliphatic heterocycles. The number of hydrogen-bond acceptors (Lipinski definition) is 3. The van der Waals surface area contributed by atoms with E-state index in [1.807, 2.05) is 0 Å². The second-order valence-corrected chi connectivity index (χ2v) is 5.97. The van der Waals surface area contributed by atoms with Crippen LogP contribution in [0.2, 0.25) is 5.15 Å². The van der Waals surface area contributed by atoms with Crippen molar-refractivity contribution < 1.29 is 0 Å². The highest BCUT2D eigenvalue weighted by Crippen LogP contribution is 2.30. The van der Waals surface area contributed by atoms with Gasteiger partial charge in [0.25, 0.3) is 5.56 Å². The summed E-state index contributed by atoms with van der Waals surface area (Å²) in [7, 11) is 0. The van der Waals surface area contributed by atoms with Gasteiger partial charge in [-0.05, 0) is 24.0 Å². The lowest BCUT2D eigenvalue weighted by Gasteiger charge is -2.31. The van der Waals surface area contributed by atoms with Crippen LogP contribution in [0.5, 0.6) is 0 Å². The molecule has 4 nitrogen and oxygen atoms in total. The Morgan fingerprint density at radius 1 is 1.33 bits per heavy atom. The summed E-state index contributed by atoms with van der Waals surface area (Å²) in [6, 6.07) is 3.33. The van der Waals surface area contributed by atoms with Gasteiger partial charge in [-0.1, -0.05) is 25.4 Å². The molecular formula is C13H14ClN3O. The van der Waals surface area contributed by atoms with Crippen molar-refractivity contribution in [3.63, 3.8) is 0 Å². The molecule has 0 spiro atoms. The molecule has 0 unspecified atom stereocenters. The highest BCUT2D eigenvalue weighted by atomic mass is 35.5. The van der Waals surface area contributed by atoms with Crippen molar-refractivity contribution in [3.05, 3.63) is 33.5 Å². The van der Waals surface area contributed by atoms with Gasteiger partial charge in [0.1, 0.15) is 11.0 Å². The van der Waals surface area contributed by atoms with Crippen LogP contribution in [0.3, 0.4) is 0 Å². The molecule has 5 heteroatoms. The van der Waals surface area contributed by atoms with Crippen LogP contribution in [0.4, 0.5) is 0 Å². The largest absolute Gasteiger partial charge is 0.296 e. The highest BCUT2D eigenvalue weighted by molar-refractivity contribution is 6.29. The molecule has 0 bridgehead atoms. The molecule has 94 valence electrons. The van der Waals surface area contributed by atoms with E-state index in [2.05, 4.69) is 23.8 Å². The predicted molar refractivity (Wildman–Crippen MR) is 70.9 cm³/mol. The maximum atomic E-state index is 12.3. The fourth-order valence-corrected chi connectivity index (χ4v) is 2.56. The Morgan fingerprint density at radius 2 is 2.11 bits per heavy atom. The van der Waals surface area contributed by atoms with Crippen LogP contribution in [0.15, 0.2) is 16.9 Å². The molecule has 2 aromatic rings. The fourth-order valence-electron chi connectivity index (χ4n) is 2.42. The standard InChI is InChI=1S/C13H14ClN3O/c1-13(2)5-6-17-10(7-13)16-11-8(12(17)18)3-4-9(14)15-11/h3-4H,5-7H2,1-2H3. The summed E-state index contributed by atoms with van der Waals surface area (Å²) in [6.07, 6.45) is 1.79. The van der Waals surface area contributed by atoms with E-state index in [1.165, 1.54) is 0 Å². The minimum atomic E-state index is -0.00494. The van der Waals surface area contributed by atoms with Crippen LogP contribution < -0.4 is 5.56 Å². The first kappa shape index (κ1) is 11.7. The number of rotatable bonds is 0. The number of nitrogens with zero attached hydrogens (tertiary/aromatic N) is 3. The van der Waals surface area contributed by atoms with E-state index >= 15 is 0 Å². The first-order chi connectivity index (χ1) is 8.46. The van der Waals surface area contributed by atoms with E-state index in [1.54, 1.807) is 16.7 Å². The van der Waals surface area contributed by atoms with E-state index in [-0.39, 0.29) is 11.0 Å². The van der Waals surface area contributed by atoms with E-state index < -0.39 is 0 Å². The van der Waals surface area contributed by atoms with Gasteiger partial charge in [0.15, 0.2) is 5.65 Å². The lowest BCUT2D eigenvalue weighted by Crippen LogP contribution is -2.35. The lowest BCUT2D eigenvalue weighted by molar-refractivity contribution is 0.261. The summed E-state index contributed by atoms with van der Waals surface area (Å²) in [4.78, 5) is 21.0. The van der Waals surface area contributed by atoms with Gasteiger partial charge < -0.3 is 0 Å². The minimum Gasteiger partial charge on any atom is -0.296 e. The van der Waals surface area contributed by atoms with Crippen molar-refractivity contribution in [3.8, 4) is 0 Å². The third-order valence-corrected chi connectivity index (χ3v) is 3.72. The molecule has 0 fully saturated rings. The first-order valence-corrected chi connectivity index (χ1v) is 6.40. The highest BCUT2D eigenvalue weighted by Gasteiger charge is 2.27. The zero-order valence-corrected chi connectivity index (χ0v) is 11.2. The second-order valence-electron chi connectivity index (χ2n) is 5.58. The Balaban J connectivity index is 2.29. The van der Waals surface area contributed by atoms with Gasteiger partial charge in [-0.2, -0.15) is 0 Å². The molecule has 0 saturated heterocycles. The van der Waals surface area contributed by atoms with Gasteiger partial charge in [-0.15, -0.1) is 0 Å². The molecule has 18 heavy (non-hydrogen) atoms. The van der Waals surface area contributed by atoms with Gasteiger partial charge in [-0.3, -0.25) is 9.36 Å². The van der Waals surface area contributed by atoms with Crippen molar-refractivity contribution in [2.45, 2.75) is 33.2 Å². The fraction of sp³-hybridized carbons (Fsp3) is 0.462. The first-order valence-electron chi connectivity index (χ1n) is 6.02. The second kappa shape index (κ2) is 3.79. The average molecular weight is 264 g/mol. The lowest BCUT2D eigenvalue weighted by atomic mass is 9.83. The molecular weight excluding hydrogens is 250 g/mol. The quantitative estimate of drug-likeness (QED) is 0.686. The van der Waals surface area contributed by atoms with E-state index in [9.17, 15) is 4.79 Å². The smallest absolute Gasteiger partial charge is 0.263 e. The normalized spacial score (nSPS) is 17.7. The molecule has 3 rings (SSSR count). The van der Waals surface area contributed by atoms with Gasteiger partial charge in [0.05, 0.1) is 5.39 Å². The SMILES string of the molecule is CC1(C)CCn2c(nc3nc(Cl)ccc3c2=O)C1. The summed E-state index contributed by atoms with van der Waals surface area (Å²) in [5, 5.41) is 0.914. The number of fused-ring (bicyclic) bond motifs is 2. The van der Waals surface area contributed by atoms with Crippen molar-refractivity contribution in [2.75, 3.05) is 0 Å². The maximum absolute atomic E-state index is 12.3. The predicted octanol–water partition coefficient (Wildman–Crippen LogP) is 2.42. The van der Waals surface area contributed by atoms with Crippen molar-refractivity contribution >= 4 is 22.6 Å². The topological polar surface area (TPSA) is 47.8 Å². The monoisotopic (exact) mass is 263 g/mol. The number of pyridine rings is 1.